The van der Waals surface area contributed by atoms with Crippen LogP contribution < -0.4 is 10.6 Å². The van der Waals surface area contributed by atoms with Crippen molar-refractivity contribution in [3.63, 3.8) is 0 Å². The van der Waals surface area contributed by atoms with Crippen LogP contribution in [0.3, 0.4) is 0 Å². The number of nitrogens with one attached hydrogen (secondary N) is 2. The Kier molecular flexibility index (Phi) is 2.33. The summed E-state index contributed by atoms with van der Waals surface area (Å²) >= 11 is 0. The van der Waals surface area contributed by atoms with Gasteiger partial charge >= 0.3 is 11.8 Å². The smallest absolute Gasteiger partial charge is 0.309 e. The van der Waals surface area contributed by atoms with Crippen molar-refractivity contribution in [1.82, 2.24) is 15.2 Å². The molecule has 1 aliphatic rings. The number of benzene rings is 1. The van der Waals surface area contributed by atoms with E-state index < -0.39 is 11.8 Å². The van der Waals surface area contributed by atoms with Gasteiger partial charge in [0, 0.05) is 36.3 Å². The fraction of sp³-hybridized carbons (Fsp3) is 0.231. The van der Waals surface area contributed by atoms with Gasteiger partial charge in [-0.3, -0.25) is 9.59 Å². The van der Waals surface area contributed by atoms with Gasteiger partial charge in [0.05, 0.1) is 6.04 Å². The Bertz CT molecular complexity index is 645. The average Bonchev–Trinajstić information content (AvgIpc) is 2.71. The molecule has 1 aromatic carbocycles. The van der Waals surface area contributed by atoms with Crippen LogP contribution in [0.2, 0.25) is 0 Å². The first-order valence-electron chi connectivity index (χ1n) is 5.79. The standard InChI is InChI=1S/C13H13N3O2/c1-16-7-9(8-4-2-3-5-11(8)16)10-6-14-12(17)13(18)15-10/h2-5,7,10H,6H2,1H3,(H,14,17)(H,15,18). The van der Waals surface area contributed by atoms with Gasteiger partial charge in [0.15, 0.2) is 0 Å². The number of para-hydroxylation sites is 1. The van der Waals surface area contributed by atoms with E-state index in [1.54, 1.807) is 0 Å². The molecular weight excluding hydrogens is 230 g/mol. The highest BCUT2D eigenvalue weighted by Crippen LogP contribution is 2.26. The first-order valence-corrected chi connectivity index (χ1v) is 5.79. The van der Waals surface area contributed by atoms with Crippen LogP contribution in [0, 0.1) is 0 Å². The molecule has 2 aromatic rings. The number of fused-ring (bicyclic) bond motifs is 1. The van der Waals surface area contributed by atoms with Gasteiger partial charge in [0.2, 0.25) is 0 Å². The largest absolute Gasteiger partial charge is 0.350 e. The fourth-order valence-corrected chi connectivity index (χ4v) is 2.39. The van der Waals surface area contributed by atoms with Crippen LogP contribution in [0.4, 0.5) is 0 Å². The summed E-state index contributed by atoms with van der Waals surface area (Å²) in [6, 6.07) is 7.83. The first-order chi connectivity index (χ1) is 8.66. The highest BCUT2D eigenvalue weighted by Gasteiger charge is 2.27. The van der Waals surface area contributed by atoms with Crippen LogP contribution in [0.5, 0.6) is 0 Å². The van der Waals surface area contributed by atoms with Crippen molar-refractivity contribution in [3.05, 3.63) is 36.0 Å². The quantitative estimate of drug-likeness (QED) is 0.715. The van der Waals surface area contributed by atoms with Gasteiger partial charge in [0.25, 0.3) is 0 Å². The number of amides is 2. The van der Waals surface area contributed by atoms with Crippen LogP contribution in [0.25, 0.3) is 10.9 Å². The number of carbonyl (C=O) groups excluding carboxylic acids is 2. The summed E-state index contributed by atoms with van der Waals surface area (Å²) in [5, 5.41) is 6.42. The molecule has 2 N–H and O–H groups in total. The molecular formula is C13H13N3O2. The Morgan fingerprint density at radius 3 is 2.78 bits per heavy atom. The predicted molar refractivity (Wildman–Crippen MR) is 66.8 cm³/mol. The number of aryl methyl sites for hydroxylation is 1. The Balaban J connectivity index is 2.05. The molecule has 5 heteroatoms. The fourth-order valence-electron chi connectivity index (χ4n) is 2.39. The topological polar surface area (TPSA) is 63.1 Å². The van der Waals surface area contributed by atoms with Gasteiger partial charge in [-0.15, -0.1) is 0 Å². The summed E-state index contributed by atoms with van der Waals surface area (Å²) in [6.07, 6.45) is 1.99. The van der Waals surface area contributed by atoms with Crippen LogP contribution in [0.15, 0.2) is 30.5 Å². The highest BCUT2D eigenvalue weighted by atomic mass is 16.2. The summed E-state index contributed by atoms with van der Waals surface area (Å²) in [4.78, 5) is 22.5. The Labute approximate surface area is 104 Å². The number of hydrogen-bond acceptors (Lipinski definition) is 2. The summed E-state index contributed by atoms with van der Waals surface area (Å²) < 4.78 is 2.02. The second kappa shape index (κ2) is 3.87. The van der Waals surface area contributed by atoms with E-state index in [4.69, 9.17) is 0 Å². The maximum Gasteiger partial charge on any atom is 0.309 e. The van der Waals surface area contributed by atoms with Gasteiger partial charge in [0.1, 0.15) is 0 Å². The average molecular weight is 243 g/mol. The minimum atomic E-state index is -0.570. The van der Waals surface area contributed by atoms with E-state index in [0.717, 1.165) is 16.5 Å². The number of aromatic nitrogens is 1. The molecule has 0 spiro atoms. The van der Waals surface area contributed by atoms with E-state index in [-0.39, 0.29) is 6.04 Å². The van der Waals surface area contributed by atoms with Crippen LogP contribution in [-0.4, -0.2) is 22.9 Å². The number of nitrogens with zero attached hydrogens (tertiary/aromatic N) is 1. The molecule has 1 unspecified atom stereocenters. The van der Waals surface area contributed by atoms with E-state index in [9.17, 15) is 9.59 Å². The molecule has 1 aliphatic heterocycles. The third kappa shape index (κ3) is 1.55. The molecule has 3 rings (SSSR count). The lowest BCUT2D eigenvalue weighted by atomic mass is 10.0. The molecule has 1 aromatic heterocycles. The van der Waals surface area contributed by atoms with E-state index in [1.807, 2.05) is 42.1 Å². The van der Waals surface area contributed by atoms with Crippen molar-refractivity contribution in [2.75, 3.05) is 6.54 Å². The lowest BCUT2D eigenvalue weighted by Gasteiger charge is -2.23. The molecule has 0 aliphatic carbocycles. The molecule has 5 nitrogen and oxygen atoms in total. The first kappa shape index (κ1) is 10.8. The van der Waals surface area contributed by atoms with Gasteiger partial charge in [-0.05, 0) is 6.07 Å². The van der Waals surface area contributed by atoms with E-state index >= 15 is 0 Å². The zero-order chi connectivity index (χ0) is 12.7. The Hall–Kier alpha value is -2.30. The van der Waals surface area contributed by atoms with Crippen molar-refractivity contribution in [1.29, 1.82) is 0 Å². The van der Waals surface area contributed by atoms with Gasteiger partial charge in [-0.2, -0.15) is 0 Å². The minimum absolute atomic E-state index is 0.165. The normalized spacial score (nSPS) is 19.7. The highest BCUT2D eigenvalue weighted by molar-refractivity contribution is 6.35. The Morgan fingerprint density at radius 2 is 2.00 bits per heavy atom. The van der Waals surface area contributed by atoms with Crippen LogP contribution >= 0.6 is 0 Å². The lowest BCUT2D eigenvalue weighted by Crippen LogP contribution is -2.51. The van der Waals surface area contributed by atoms with E-state index in [0.29, 0.717) is 6.54 Å². The van der Waals surface area contributed by atoms with Gasteiger partial charge in [-0.1, -0.05) is 18.2 Å². The number of carbonyl (C=O) groups is 2. The molecule has 0 radical (unpaired) electrons. The molecule has 92 valence electrons. The number of piperazine rings is 1. The van der Waals surface area contributed by atoms with E-state index in [2.05, 4.69) is 10.6 Å². The second-order valence-corrected chi connectivity index (χ2v) is 4.45. The maximum atomic E-state index is 11.4. The van der Waals surface area contributed by atoms with Crippen molar-refractivity contribution >= 4 is 22.7 Å². The lowest BCUT2D eigenvalue weighted by molar-refractivity contribution is -0.141. The number of hydrogen-bond donors (Lipinski definition) is 2. The summed E-state index contributed by atoms with van der Waals surface area (Å²) in [5.41, 5.74) is 2.14. The zero-order valence-corrected chi connectivity index (χ0v) is 9.93. The third-order valence-corrected chi connectivity index (χ3v) is 3.28. The minimum Gasteiger partial charge on any atom is -0.350 e. The molecule has 0 saturated carbocycles. The molecule has 2 heterocycles. The molecule has 1 saturated heterocycles. The molecule has 0 bridgehead atoms. The summed E-state index contributed by atoms with van der Waals surface area (Å²) in [7, 11) is 1.97. The van der Waals surface area contributed by atoms with Crippen molar-refractivity contribution in [3.8, 4) is 0 Å². The SMILES string of the molecule is Cn1cc(C2CNC(=O)C(=O)N2)c2ccccc21. The van der Waals surface area contributed by atoms with Crippen LogP contribution in [-0.2, 0) is 16.6 Å². The second-order valence-electron chi connectivity index (χ2n) is 4.45. The molecule has 1 atom stereocenters. The summed E-state index contributed by atoms with van der Waals surface area (Å²) in [5.74, 6) is -1.13. The third-order valence-electron chi connectivity index (χ3n) is 3.28. The van der Waals surface area contributed by atoms with Crippen LogP contribution in [0.1, 0.15) is 11.6 Å². The number of rotatable bonds is 1. The van der Waals surface area contributed by atoms with Gasteiger partial charge in [-0.25, -0.2) is 0 Å². The van der Waals surface area contributed by atoms with Crippen molar-refractivity contribution in [2.45, 2.75) is 6.04 Å². The zero-order valence-electron chi connectivity index (χ0n) is 9.93. The predicted octanol–water partition coefficient (Wildman–Crippen LogP) is 0.465. The molecule has 2 amide bonds. The molecule has 18 heavy (non-hydrogen) atoms. The molecule has 1 fully saturated rings. The summed E-state index contributed by atoms with van der Waals surface area (Å²) in [6.45, 7) is 0.429. The Morgan fingerprint density at radius 1 is 1.22 bits per heavy atom. The van der Waals surface area contributed by atoms with Crippen molar-refractivity contribution in [2.24, 2.45) is 7.05 Å². The van der Waals surface area contributed by atoms with E-state index in [1.165, 1.54) is 0 Å². The monoisotopic (exact) mass is 243 g/mol. The maximum absolute atomic E-state index is 11.4. The van der Waals surface area contributed by atoms with Gasteiger partial charge < -0.3 is 15.2 Å². The van der Waals surface area contributed by atoms with Crippen molar-refractivity contribution < 1.29 is 9.59 Å².